The van der Waals surface area contributed by atoms with Crippen LogP contribution in [-0.2, 0) is 14.3 Å². The predicted molar refractivity (Wildman–Crippen MR) is 68.4 cm³/mol. The van der Waals surface area contributed by atoms with Crippen molar-refractivity contribution < 1.29 is 29.3 Å². The van der Waals surface area contributed by atoms with Crippen LogP contribution in [0.15, 0.2) is 0 Å². The molecule has 1 saturated carbocycles. The Bertz CT molecular complexity index is 373. The Morgan fingerprint density at radius 1 is 1.30 bits per heavy atom. The minimum Gasteiger partial charge on any atom is -0.481 e. The zero-order valence-corrected chi connectivity index (χ0v) is 11.3. The van der Waals surface area contributed by atoms with Crippen LogP contribution in [0.2, 0.25) is 0 Å². The Kier molecular flexibility index (Phi) is 6.23. The lowest BCUT2D eigenvalue weighted by atomic mass is 10.1. The average Bonchev–Trinajstić information content (AvgIpc) is 2.80. The van der Waals surface area contributed by atoms with Crippen LogP contribution in [0.25, 0.3) is 0 Å². The lowest BCUT2D eigenvalue weighted by molar-refractivity contribution is -0.140. The molecular weight excluding hydrogens is 268 g/mol. The maximum atomic E-state index is 11.7. The molecule has 3 atom stereocenters. The minimum atomic E-state index is -1.25. The first-order chi connectivity index (χ1) is 9.43. The first kappa shape index (κ1) is 16.2. The maximum absolute atomic E-state index is 11.7. The van der Waals surface area contributed by atoms with Crippen LogP contribution < -0.4 is 10.6 Å². The zero-order valence-electron chi connectivity index (χ0n) is 11.3. The van der Waals surface area contributed by atoms with Gasteiger partial charge in [0.05, 0.1) is 12.1 Å². The van der Waals surface area contributed by atoms with Gasteiger partial charge in [-0.15, -0.1) is 0 Å². The van der Waals surface area contributed by atoms with E-state index in [0.29, 0.717) is 0 Å². The van der Waals surface area contributed by atoms with Gasteiger partial charge >= 0.3 is 18.0 Å². The number of rotatable bonds is 7. The molecule has 4 N–H and O–H groups in total. The molecule has 1 fully saturated rings. The van der Waals surface area contributed by atoms with Gasteiger partial charge in [0.25, 0.3) is 0 Å². The SMILES string of the molecule is COC1CCCC1NC(=O)N[C@@H](CCC(=O)O)C(=O)O. The summed E-state index contributed by atoms with van der Waals surface area (Å²) in [6, 6.07) is -1.97. The maximum Gasteiger partial charge on any atom is 0.326 e. The van der Waals surface area contributed by atoms with Crippen LogP contribution in [0.3, 0.4) is 0 Å². The van der Waals surface area contributed by atoms with E-state index in [1.165, 1.54) is 0 Å². The van der Waals surface area contributed by atoms with E-state index in [0.717, 1.165) is 19.3 Å². The monoisotopic (exact) mass is 288 g/mol. The lowest BCUT2D eigenvalue weighted by Crippen LogP contribution is -2.51. The third-order valence-corrected chi connectivity index (χ3v) is 3.32. The van der Waals surface area contributed by atoms with Gasteiger partial charge in [-0.3, -0.25) is 4.79 Å². The molecule has 8 nitrogen and oxygen atoms in total. The van der Waals surface area contributed by atoms with Crippen molar-refractivity contribution >= 4 is 18.0 Å². The Balaban J connectivity index is 2.45. The van der Waals surface area contributed by atoms with Gasteiger partial charge in [-0.25, -0.2) is 9.59 Å². The molecule has 2 unspecified atom stereocenters. The second-order valence-electron chi connectivity index (χ2n) is 4.75. The molecule has 0 heterocycles. The zero-order chi connectivity index (χ0) is 15.1. The molecule has 0 aliphatic heterocycles. The van der Waals surface area contributed by atoms with Crippen molar-refractivity contribution in [3.05, 3.63) is 0 Å². The fourth-order valence-corrected chi connectivity index (χ4v) is 2.27. The van der Waals surface area contributed by atoms with Crippen molar-refractivity contribution in [2.45, 2.75) is 50.3 Å². The van der Waals surface area contributed by atoms with Crippen LogP contribution in [0.1, 0.15) is 32.1 Å². The van der Waals surface area contributed by atoms with Crippen LogP contribution in [-0.4, -0.2) is 53.5 Å². The van der Waals surface area contributed by atoms with Gasteiger partial charge in [-0.1, -0.05) is 0 Å². The van der Waals surface area contributed by atoms with Crippen molar-refractivity contribution in [3.63, 3.8) is 0 Å². The largest absolute Gasteiger partial charge is 0.481 e. The summed E-state index contributed by atoms with van der Waals surface area (Å²) in [6.07, 6.45) is 2.02. The molecule has 1 aliphatic rings. The van der Waals surface area contributed by atoms with Crippen molar-refractivity contribution in [1.82, 2.24) is 10.6 Å². The van der Waals surface area contributed by atoms with Gasteiger partial charge in [-0.05, 0) is 25.7 Å². The Labute approximate surface area is 116 Å². The van der Waals surface area contributed by atoms with Crippen LogP contribution >= 0.6 is 0 Å². The van der Waals surface area contributed by atoms with Crippen molar-refractivity contribution in [2.24, 2.45) is 0 Å². The van der Waals surface area contributed by atoms with Crippen molar-refractivity contribution in [1.29, 1.82) is 0 Å². The Morgan fingerprint density at radius 3 is 2.55 bits per heavy atom. The van der Waals surface area contributed by atoms with E-state index >= 15 is 0 Å². The Hall–Kier alpha value is -1.83. The van der Waals surface area contributed by atoms with E-state index in [1.807, 2.05) is 0 Å². The molecule has 0 saturated heterocycles. The second kappa shape index (κ2) is 7.68. The normalized spacial score (nSPS) is 23.1. The molecule has 0 bridgehead atoms. The first-order valence-electron chi connectivity index (χ1n) is 6.48. The van der Waals surface area contributed by atoms with Crippen LogP contribution in [0, 0.1) is 0 Å². The highest BCUT2D eigenvalue weighted by Gasteiger charge is 2.29. The smallest absolute Gasteiger partial charge is 0.326 e. The number of ether oxygens (including phenoxy) is 1. The molecule has 114 valence electrons. The standard InChI is InChI=1S/C12H20N2O6/c1-20-9-4-2-3-7(9)13-12(19)14-8(11(17)18)5-6-10(15)16/h7-9H,2-6H2,1H3,(H,15,16)(H,17,18)(H2,13,14,19)/t7?,8-,9?/m0/s1. The van der Waals surface area contributed by atoms with E-state index in [9.17, 15) is 14.4 Å². The lowest BCUT2D eigenvalue weighted by Gasteiger charge is -2.21. The summed E-state index contributed by atoms with van der Waals surface area (Å²) in [5.74, 6) is -2.36. The number of methoxy groups -OCH3 is 1. The molecule has 8 heteroatoms. The predicted octanol–water partition coefficient (Wildman–Crippen LogP) is 0.171. The number of aliphatic carboxylic acids is 2. The highest BCUT2D eigenvalue weighted by atomic mass is 16.5. The van der Waals surface area contributed by atoms with Gasteiger partial charge in [0, 0.05) is 13.5 Å². The minimum absolute atomic E-state index is 0.0666. The summed E-state index contributed by atoms with van der Waals surface area (Å²) >= 11 is 0. The summed E-state index contributed by atoms with van der Waals surface area (Å²) in [6.45, 7) is 0. The molecule has 0 aromatic rings. The molecule has 1 rings (SSSR count). The summed E-state index contributed by atoms with van der Waals surface area (Å²) < 4.78 is 5.22. The Morgan fingerprint density at radius 2 is 2.00 bits per heavy atom. The molecule has 0 radical (unpaired) electrons. The average molecular weight is 288 g/mol. The first-order valence-corrected chi connectivity index (χ1v) is 6.48. The third kappa shape index (κ3) is 5.04. The molecule has 20 heavy (non-hydrogen) atoms. The summed E-state index contributed by atoms with van der Waals surface area (Å²) in [4.78, 5) is 33.1. The van der Waals surface area contributed by atoms with Crippen molar-refractivity contribution in [2.75, 3.05) is 7.11 Å². The quantitative estimate of drug-likeness (QED) is 0.529. The fraction of sp³-hybridized carbons (Fsp3) is 0.750. The topological polar surface area (TPSA) is 125 Å². The van der Waals surface area contributed by atoms with Gasteiger partial charge in [0.15, 0.2) is 0 Å². The molecular formula is C12H20N2O6. The van der Waals surface area contributed by atoms with Gasteiger partial charge < -0.3 is 25.6 Å². The number of hydrogen-bond acceptors (Lipinski definition) is 4. The van der Waals surface area contributed by atoms with E-state index in [4.69, 9.17) is 14.9 Å². The fourth-order valence-electron chi connectivity index (χ4n) is 2.27. The van der Waals surface area contributed by atoms with Crippen molar-refractivity contribution in [3.8, 4) is 0 Å². The summed E-state index contributed by atoms with van der Waals surface area (Å²) in [7, 11) is 1.56. The highest BCUT2D eigenvalue weighted by molar-refractivity contribution is 5.83. The number of carbonyl (C=O) groups excluding carboxylic acids is 1. The summed E-state index contributed by atoms with van der Waals surface area (Å²) in [5.41, 5.74) is 0. The third-order valence-electron chi connectivity index (χ3n) is 3.32. The van der Waals surface area contributed by atoms with Crippen LogP contribution in [0.4, 0.5) is 4.79 Å². The van der Waals surface area contributed by atoms with E-state index in [1.54, 1.807) is 7.11 Å². The van der Waals surface area contributed by atoms with E-state index < -0.39 is 24.0 Å². The molecule has 0 aromatic heterocycles. The van der Waals surface area contributed by atoms with E-state index in [-0.39, 0.29) is 25.0 Å². The van der Waals surface area contributed by atoms with Gasteiger partial charge in [0.2, 0.25) is 0 Å². The number of urea groups is 1. The number of amides is 2. The molecule has 2 amide bonds. The van der Waals surface area contributed by atoms with E-state index in [2.05, 4.69) is 10.6 Å². The van der Waals surface area contributed by atoms with Gasteiger partial charge in [0.1, 0.15) is 6.04 Å². The number of nitrogens with one attached hydrogen (secondary N) is 2. The number of carboxylic acids is 2. The number of hydrogen-bond donors (Lipinski definition) is 4. The van der Waals surface area contributed by atoms with Gasteiger partial charge in [-0.2, -0.15) is 0 Å². The second-order valence-corrected chi connectivity index (χ2v) is 4.75. The van der Waals surface area contributed by atoms with Crippen LogP contribution in [0.5, 0.6) is 0 Å². The molecule has 0 aromatic carbocycles. The number of carboxylic acid groups (broad SMARTS) is 2. The number of carbonyl (C=O) groups is 3. The summed E-state index contributed by atoms with van der Waals surface area (Å²) in [5, 5.41) is 22.4. The molecule has 1 aliphatic carbocycles. The highest BCUT2D eigenvalue weighted by Crippen LogP contribution is 2.21. The molecule has 0 spiro atoms.